The van der Waals surface area contributed by atoms with Crippen molar-refractivity contribution in [2.24, 2.45) is 0 Å². The predicted molar refractivity (Wildman–Crippen MR) is 68.8 cm³/mol. The molecule has 1 saturated heterocycles. The van der Waals surface area contributed by atoms with Crippen LogP contribution in [-0.4, -0.2) is 48.2 Å². The van der Waals surface area contributed by atoms with Gasteiger partial charge in [0.25, 0.3) is 10.0 Å². The van der Waals surface area contributed by atoms with Gasteiger partial charge in [0.05, 0.1) is 6.20 Å². The highest BCUT2D eigenvalue weighted by molar-refractivity contribution is 7.89. The Kier molecular flexibility index (Phi) is 3.74. The van der Waals surface area contributed by atoms with E-state index in [0.717, 1.165) is 0 Å². The highest BCUT2D eigenvalue weighted by Crippen LogP contribution is 2.21. The lowest BCUT2D eigenvalue weighted by molar-refractivity contribution is 0.280. The zero-order chi connectivity index (χ0) is 13.3. The molecule has 0 radical (unpaired) electrons. The van der Waals surface area contributed by atoms with Crippen LogP contribution in [0.1, 0.15) is 26.8 Å². The van der Waals surface area contributed by atoms with E-state index in [1.807, 2.05) is 20.8 Å². The summed E-state index contributed by atoms with van der Waals surface area (Å²) in [7, 11) is -3.45. The van der Waals surface area contributed by atoms with Crippen LogP contribution < -0.4 is 5.32 Å². The van der Waals surface area contributed by atoms with Crippen molar-refractivity contribution < 1.29 is 8.42 Å². The molecule has 1 unspecified atom stereocenters. The predicted octanol–water partition coefficient (Wildman–Crippen LogP) is 0.446. The number of hydrogen-bond acceptors (Lipinski definition) is 4. The minimum Gasteiger partial charge on any atom is -0.314 e. The molecule has 0 amide bonds. The second kappa shape index (κ2) is 4.99. The highest BCUT2D eigenvalue weighted by atomic mass is 32.2. The fraction of sp³-hybridized carbons (Fsp3) is 0.727. The van der Waals surface area contributed by atoms with Gasteiger partial charge in [0.1, 0.15) is 0 Å². The SMILES string of the molecule is CC1CNCCN1S(=O)(=O)c1ccnn1C(C)C. The molecule has 1 N–H and O–H groups in total. The van der Waals surface area contributed by atoms with Gasteiger partial charge in [-0.2, -0.15) is 9.40 Å². The van der Waals surface area contributed by atoms with E-state index in [-0.39, 0.29) is 17.1 Å². The van der Waals surface area contributed by atoms with Crippen molar-refractivity contribution in [1.82, 2.24) is 19.4 Å². The summed E-state index contributed by atoms with van der Waals surface area (Å²) in [5, 5.41) is 7.57. The van der Waals surface area contributed by atoms with Crippen LogP contribution in [0.25, 0.3) is 0 Å². The molecule has 2 rings (SSSR count). The summed E-state index contributed by atoms with van der Waals surface area (Å²) in [5.41, 5.74) is 0. The Hall–Kier alpha value is -0.920. The molecule has 0 saturated carbocycles. The molecule has 6 nitrogen and oxygen atoms in total. The maximum Gasteiger partial charge on any atom is 0.260 e. The standard InChI is InChI=1S/C11H20N4O2S/c1-9(2)15-11(4-5-13-15)18(16,17)14-7-6-12-8-10(14)3/h4-5,9-10,12H,6-8H2,1-3H3. The first-order valence-electron chi connectivity index (χ1n) is 6.20. The molecule has 1 aromatic rings. The van der Waals surface area contributed by atoms with Crippen molar-refractivity contribution in [1.29, 1.82) is 0 Å². The average molecular weight is 272 g/mol. The number of nitrogens with zero attached hydrogens (tertiary/aromatic N) is 3. The smallest absolute Gasteiger partial charge is 0.260 e. The van der Waals surface area contributed by atoms with E-state index in [4.69, 9.17) is 0 Å². The quantitative estimate of drug-likeness (QED) is 0.867. The minimum atomic E-state index is -3.45. The van der Waals surface area contributed by atoms with E-state index in [0.29, 0.717) is 19.6 Å². The number of aromatic nitrogens is 2. The molecule has 1 fully saturated rings. The second-order valence-electron chi connectivity index (χ2n) is 4.88. The molecule has 7 heteroatoms. The Morgan fingerprint density at radius 2 is 2.22 bits per heavy atom. The largest absolute Gasteiger partial charge is 0.314 e. The van der Waals surface area contributed by atoms with Crippen molar-refractivity contribution in [2.75, 3.05) is 19.6 Å². The molecule has 0 aromatic carbocycles. The number of piperazine rings is 1. The van der Waals surface area contributed by atoms with E-state index in [9.17, 15) is 8.42 Å². The lowest BCUT2D eigenvalue weighted by Crippen LogP contribution is -2.52. The Morgan fingerprint density at radius 3 is 2.83 bits per heavy atom. The molecule has 0 spiro atoms. The van der Waals surface area contributed by atoms with Crippen LogP contribution in [0.3, 0.4) is 0 Å². The molecule has 18 heavy (non-hydrogen) atoms. The third-order valence-corrected chi connectivity index (χ3v) is 5.15. The third-order valence-electron chi connectivity index (χ3n) is 3.14. The first-order valence-corrected chi connectivity index (χ1v) is 7.64. The Labute approximate surface area is 108 Å². The van der Waals surface area contributed by atoms with Crippen LogP contribution in [0.15, 0.2) is 17.3 Å². The van der Waals surface area contributed by atoms with Gasteiger partial charge in [-0.05, 0) is 26.8 Å². The number of nitrogens with one attached hydrogen (secondary N) is 1. The van der Waals surface area contributed by atoms with E-state index in [2.05, 4.69) is 10.4 Å². The normalized spacial score (nSPS) is 22.6. The molecule has 102 valence electrons. The zero-order valence-electron chi connectivity index (χ0n) is 11.0. The van der Waals surface area contributed by atoms with Gasteiger partial charge in [0.2, 0.25) is 0 Å². The van der Waals surface area contributed by atoms with Gasteiger partial charge < -0.3 is 5.32 Å². The summed E-state index contributed by atoms with van der Waals surface area (Å²) >= 11 is 0. The van der Waals surface area contributed by atoms with Crippen LogP contribution in [0.5, 0.6) is 0 Å². The van der Waals surface area contributed by atoms with E-state index < -0.39 is 10.0 Å². The molecule has 2 heterocycles. The first-order chi connectivity index (χ1) is 8.44. The summed E-state index contributed by atoms with van der Waals surface area (Å²) in [4.78, 5) is 0. The van der Waals surface area contributed by atoms with Crippen molar-refractivity contribution in [2.45, 2.75) is 37.9 Å². The van der Waals surface area contributed by atoms with Crippen LogP contribution in [-0.2, 0) is 10.0 Å². The van der Waals surface area contributed by atoms with Crippen molar-refractivity contribution >= 4 is 10.0 Å². The zero-order valence-corrected chi connectivity index (χ0v) is 11.8. The fourth-order valence-corrected chi connectivity index (χ4v) is 4.04. The van der Waals surface area contributed by atoms with Crippen molar-refractivity contribution in [3.05, 3.63) is 12.3 Å². The number of hydrogen-bond donors (Lipinski definition) is 1. The molecule has 1 aromatic heterocycles. The van der Waals surface area contributed by atoms with Crippen molar-refractivity contribution in [3.8, 4) is 0 Å². The van der Waals surface area contributed by atoms with E-state index >= 15 is 0 Å². The highest BCUT2D eigenvalue weighted by Gasteiger charge is 2.33. The maximum absolute atomic E-state index is 12.6. The van der Waals surface area contributed by atoms with Crippen LogP contribution >= 0.6 is 0 Å². The van der Waals surface area contributed by atoms with E-state index in [1.54, 1.807) is 21.3 Å². The summed E-state index contributed by atoms with van der Waals surface area (Å²) in [5.74, 6) is 0. The lowest BCUT2D eigenvalue weighted by atomic mass is 10.3. The van der Waals surface area contributed by atoms with Gasteiger partial charge in [-0.15, -0.1) is 0 Å². The molecular weight excluding hydrogens is 252 g/mol. The van der Waals surface area contributed by atoms with Gasteiger partial charge in [0.15, 0.2) is 5.03 Å². The third kappa shape index (κ3) is 2.30. The summed E-state index contributed by atoms with van der Waals surface area (Å²) in [6.45, 7) is 7.65. The van der Waals surface area contributed by atoms with E-state index in [1.165, 1.54) is 0 Å². The van der Waals surface area contributed by atoms with Crippen molar-refractivity contribution in [3.63, 3.8) is 0 Å². The topological polar surface area (TPSA) is 67.2 Å². The van der Waals surface area contributed by atoms with Crippen LogP contribution in [0.4, 0.5) is 0 Å². The van der Waals surface area contributed by atoms with Gasteiger partial charge >= 0.3 is 0 Å². The summed E-state index contributed by atoms with van der Waals surface area (Å²) in [6.07, 6.45) is 1.54. The minimum absolute atomic E-state index is 0.0285. The molecular formula is C11H20N4O2S. The Bertz CT molecular complexity index is 509. The van der Waals surface area contributed by atoms with Gasteiger partial charge in [-0.25, -0.2) is 8.42 Å². The first kappa shape index (κ1) is 13.5. The fourth-order valence-electron chi connectivity index (χ4n) is 2.19. The molecule has 0 bridgehead atoms. The second-order valence-corrected chi connectivity index (χ2v) is 6.71. The molecule has 0 aliphatic carbocycles. The average Bonchev–Trinajstić information content (AvgIpc) is 2.78. The Balaban J connectivity index is 2.38. The summed E-state index contributed by atoms with van der Waals surface area (Å²) in [6, 6.07) is 1.58. The molecule has 1 atom stereocenters. The van der Waals surface area contributed by atoms with Gasteiger partial charge in [-0.3, -0.25) is 4.68 Å². The monoisotopic (exact) mass is 272 g/mol. The lowest BCUT2D eigenvalue weighted by Gasteiger charge is -2.33. The van der Waals surface area contributed by atoms with Crippen LogP contribution in [0, 0.1) is 0 Å². The summed E-state index contributed by atoms with van der Waals surface area (Å²) < 4.78 is 28.4. The van der Waals surface area contributed by atoms with Crippen LogP contribution in [0.2, 0.25) is 0 Å². The molecule has 1 aliphatic rings. The maximum atomic E-state index is 12.6. The van der Waals surface area contributed by atoms with Gasteiger partial charge in [0, 0.05) is 31.7 Å². The Morgan fingerprint density at radius 1 is 1.50 bits per heavy atom. The van der Waals surface area contributed by atoms with Gasteiger partial charge in [-0.1, -0.05) is 0 Å². The molecule has 1 aliphatic heterocycles. The number of sulfonamides is 1. The number of rotatable bonds is 3.